The zero-order chi connectivity index (χ0) is 29.7. The standard InChI is InChI=1S/C41H26N4/c1-2-10-32-28(8-1)9-7-15-33(32)41-36-13-5-3-11-34(36)40(35-12-4-6-14-37(35)41)29-16-19-31(20-17-29)45-43-38-21-18-30(26-39(38)44-45)27-22-24-42-25-23-27/h1-26H. The molecule has 0 saturated heterocycles. The van der Waals surface area contributed by atoms with Crippen molar-refractivity contribution in [2.45, 2.75) is 0 Å². The van der Waals surface area contributed by atoms with E-state index in [1.165, 1.54) is 49.0 Å². The minimum absolute atomic E-state index is 0.856. The van der Waals surface area contributed by atoms with Gasteiger partial charge in [-0.05, 0) is 102 Å². The second kappa shape index (κ2) is 10.2. The summed E-state index contributed by atoms with van der Waals surface area (Å²) < 4.78 is 0. The first-order valence-corrected chi connectivity index (χ1v) is 15.1. The molecule has 0 aliphatic carbocycles. The number of benzene rings is 7. The molecule has 4 nitrogen and oxygen atoms in total. The molecule has 0 fully saturated rings. The number of rotatable bonds is 4. The third-order valence-corrected chi connectivity index (χ3v) is 8.77. The summed E-state index contributed by atoms with van der Waals surface area (Å²) >= 11 is 0. The molecule has 0 radical (unpaired) electrons. The fourth-order valence-corrected chi connectivity index (χ4v) is 6.69. The Kier molecular flexibility index (Phi) is 5.78. The molecular weight excluding hydrogens is 548 g/mol. The SMILES string of the molecule is c1ccc2c(-c3c4ccccc4c(-c4ccc(-n5nc6ccc(-c7ccncc7)cc6n5)cc4)c4ccccc34)cccc2c1. The van der Waals surface area contributed by atoms with Crippen LogP contribution >= 0.6 is 0 Å². The van der Waals surface area contributed by atoms with Gasteiger partial charge in [0.15, 0.2) is 0 Å². The van der Waals surface area contributed by atoms with Crippen molar-refractivity contribution in [1.82, 2.24) is 20.0 Å². The highest BCUT2D eigenvalue weighted by molar-refractivity contribution is 6.23. The fraction of sp³-hybridized carbons (Fsp3) is 0. The maximum atomic E-state index is 4.83. The Morgan fingerprint density at radius 2 is 0.978 bits per heavy atom. The van der Waals surface area contributed by atoms with Crippen LogP contribution in [-0.2, 0) is 0 Å². The van der Waals surface area contributed by atoms with Gasteiger partial charge in [0.2, 0.25) is 0 Å². The van der Waals surface area contributed by atoms with Crippen LogP contribution in [0.15, 0.2) is 158 Å². The van der Waals surface area contributed by atoms with Gasteiger partial charge in [-0.25, -0.2) is 0 Å². The largest absolute Gasteiger partial charge is 0.265 e. The minimum Gasteiger partial charge on any atom is -0.265 e. The normalized spacial score (nSPS) is 11.6. The van der Waals surface area contributed by atoms with Crippen molar-refractivity contribution in [2.75, 3.05) is 0 Å². The monoisotopic (exact) mass is 574 g/mol. The second-order valence-corrected chi connectivity index (χ2v) is 11.3. The van der Waals surface area contributed by atoms with Gasteiger partial charge in [0, 0.05) is 12.4 Å². The lowest BCUT2D eigenvalue weighted by Crippen LogP contribution is -1.98. The number of fused-ring (bicyclic) bond motifs is 4. The second-order valence-electron chi connectivity index (χ2n) is 11.3. The van der Waals surface area contributed by atoms with E-state index >= 15 is 0 Å². The van der Waals surface area contributed by atoms with Crippen LogP contribution in [0.3, 0.4) is 0 Å². The van der Waals surface area contributed by atoms with Crippen molar-refractivity contribution in [3.05, 3.63) is 158 Å². The number of hydrogen-bond acceptors (Lipinski definition) is 3. The van der Waals surface area contributed by atoms with Crippen LogP contribution in [0.1, 0.15) is 0 Å². The van der Waals surface area contributed by atoms with E-state index in [9.17, 15) is 0 Å². The smallest absolute Gasteiger partial charge is 0.114 e. The average molecular weight is 575 g/mol. The molecule has 9 rings (SSSR count). The van der Waals surface area contributed by atoms with E-state index in [0.717, 1.165) is 33.4 Å². The van der Waals surface area contributed by atoms with E-state index in [1.807, 2.05) is 30.6 Å². The first kappa shape index (κ1) is 25.4. The third kappa shape index (κ3) is 4.19. The fourth-order valence-electron chi connectivity index (χ4n) is 6.69. The van der Waals surface area contributed by atoms with Gasteiger partial charge in [-0.15, -0.1) is 10.2 Å². The number of aromatic nitrogens is 4. The van der Waals surface area contributed by atoms with Crippen molar-refractivity contribution in [3.63, 3.8) is 0 Å². The van der Waals surface area contributed by atoms with Crippen LogP contribution in [0.2, 0.25) is 0 Å². The van der Waals surface area contributed by atoms with Crippen molar-refractivity contribution in [3.8, 4) is 39.1 Å². The highest BCUT2D eigenvalue weighted by atomic mass is 15.5. The maximum absolute atomic E-state index is 4.83. The average Bonchev–Trinajstić information content (AvgIpc) is 3.55. The van der Waals surface area contributed by atoms with E-state index in [1.54, 1.807) is 4.80 Å². The van der Waals surface area contributed by atoms with Crippen molar-refractivity contribution in [2.24, 2.45) is 0 Å². The quantitative estimate of drug-likeness (QED) is 0.196. The van der Waals surface area contributed by atoms with Crippen LogP contribution in [0.4, 0.5) is 0 Å². The lowest BCUT2D eigenvalue weighted by molar-refractivity contribution is 0.766. The summed E-state index contributed by atoms with van der Waals surface area (Å²) in [5, 5.41) is 17.1. The minimum atomic E-state index is 0.856. The Bertz CT molecular complexity index is 2470. The van der Waals surface area contributed by atoms with Crippen LogP contribution < -0.4 is 0 Å². The molecule has 0 amide bonds. The Hall–Kier alpha value is -6.13. The summed E-state index contributed by atoms with van der Waals surface area (Å²) in [5.74, 6) is 0. The van der Waals surface area contributed by atoms with Gasteiger partial charge in [-0.2, -0.15) is 4.80 Å². The van der Waals surface area contributed by atoms with Crippen molar-refractivity contribution < 1.29 is 0 Å². The summed E-state index contributed by atoms with van der Waals surface area (Å²) in [6.07, 6.45) is 3.61. The Balaban J connectivity index is 1.19. The number of hydrogen-bond donors (Lipinski definition) is 0. The summed E-state index contributed by atoms with van der Waals surface area (Å²) in [6, 6.07) is 51.7. The molecule has 210 valence electrons. The van der Waals surface area contributed by atoms with Crippen LogP contribution in [-0.4, -0.2) is 20.0 Å². The van der Waals surface area contributed by atoms with Crippen molar-refractivity contribution in [1.29, 1.82) is 0 Å². The van der Waals surface area contributed by atoms with Gasteiger partial charge in [0.25, 0.3) is 0 Å². The molecule has 0 aliphatic heterocycles. The molecule has 0 saturated carbocycles. The molecule has 2 aromatic heterocycles. The predicted molar refractivity (Wildman–Crippen MR) is 185 cm³/mol. The highest BCUT2D eigenvalue weighted by Gasteiger charge is 2.18. The molecule has 0 spiro atoms. The first-order valence-electron chi connectivity index (χ1n) is 15.1. The Labute approximate surface area is 259 Å². The summed E-state index contributed by atoms with van der Waals surface area (Å²) in [5.41, 5.74) is 9.76. The number of pyridine rings is 1. The molecule has 0 atom stereocenters. The zero-order valence-corrected chi connectivity index (χ0v) is 24.3. The molecule has 45 heavy (non-hydrogen) atoms. The highest BCUT2D eigenvalue weighted by Crippen LogP contribution is 2.45. The Morgan fingerprint density at radius 1 is 0.400 bits per heavy atom. The van der Waals surface area contributed by atoms with Crippen molar-refractivity contribution >= 4 is 43.4 Å². The zero-order valence-electron chi connectivity index (χ0n) is 24.3. The van der Waals surface area contributed by atoms with Crippen LogP contribution in [0, 0.1) is 0 Å². The summed E-state index contributed by atoms with van der Waals surface area (Å²) in [4.78, 5) is 5.86. The van der Waals surface area contributed by atoms with Crippen LogP contribution in [0.5, 0.6) is 0 Å². The molecule has 0 N–H and O–H groups in total. The van der Waals surface area contributed by atoms with Gasteiger partial charge in [0.1, 0.15) is 11.0 Å². The molecule has 9 aromatic rings. The molecule has 0 aliphatic rings. The maximum Gasteiger partial charge on any atom is 0.114 e. The van der Waals surface area contributed by atoms with E-state index < -0.39 is 0 Å². The first-order chi connectivity index (χ1) is 22.3. The molecule has 2 heterocycles. The molecule has 0 unspecified atom stereocenters. The van der Waals surface area contributed by atoms with Crippen LogP contribution in [0.25, 0.3) is 82.4 Å². The van der Waals surface area contributed by atoms with Gasteiger partial charge in [0.05, 0.1) is 5.69 Å². The number of nitrogens with zero attached hydrogens (tertiary/aromatic N) is 4. The van der Waals surface area contributed by atoms with E-state index in [-0.39, 0.29) is 0 Å². The summed E-state index contributed by atoms with van der Waals surface area (Å²) in [6.45, 7) is 0. The summed E-state index contributed by atoms with van der Waals surface area (Å²) in [7, 11) is 0. The molecular formula is C41H26N4. The van der Waals surface area contributed by atoms with Gasteiger partial charge < -0.3 is 0 Å². The molecule has 0 bridgehead atoms. The predicted octanol–water partition coefficient (Wildman–Crippen LogP) is 10.3. The van der Waals surface area contributed by atoms with Gasteiger partial charge in [-0.1, -0.05) is 109 Å². The van der Waals surface area contributed by atoms with Gasteiger partial charge in [-0.3, -0.25) is 4.98 Å². The van der Waals surface area contributed by atoms with E-state index in [2.05, 4.69) is 132 Å². The third-order valence-electron chi connectivity index (χ3n) is 8.77. The topological polar surface area (TPSA) is 43.6 Å². The van der Waals surface area contributed by atoms with Gasteiger partial charge >= 0.3 is 0 Å². The van der Waals surface area contributed by atoms with E-state index in [0.29, 0.717) is 0 Å². The Morgan fingerprint density at radius 3 is 1.69 bits per heavy atom. The molecule has 4 heteroatoms. The van der Waals surface area contributed by atoms with E-state index in [4.69, 9.17) is 10.2 Å². The lowest BCUT2D eigenvalue weighted by atomic mass is 9.85. The lowest BCUT2D eigenvalue weighted by Gasteiger charge is -2.19. The molecule has 7 aromatic carbocycles.